The van der Waals surface area contributed by atoms with Crippen molar-refractivity contribution >= 4 is 0 Å². The van der Waals surface area contributed by atoms with E-state index in [0.717, 1.165) is 5.56 Å². The van der Waals surface area contributed by atoms with Gasteiger partial charge in [-0.05, 0) is 12.8 Å². The Morgan fingerprint density at radius 1 is 1.75 bits per heavy atom. The predicted molar refractivity (Wildman–Crippen MR) is 45.7 cm³/mol. The van der Waals surface area contributed by atoms with Gasteiger partial charge in [0, 0.05) is 11.8 Å². The van der Waals surface area contributed by atoms with E-state index in [9.17, 15) is 5.11 Å². The molecule has 0 radical (unpaired) electrons. The molecule has 1 heterocycles. The average Bonchev–Trinajstić information content (AvgIpc) is 2.83. The third kappa shape index (κ3) is 1.28. The lowest BCUT2D eigenvalue weighted by Gasteiger charge is -1.98. The summed E-state index contributed by atoms with van der Waals surface area (Å²) in [7, 11) is 0. The second kappa shape index (κ2) is 2.75. The highest BCUT2D eigenvalue weighted by molar-refractivity contribution is 5.13. The van der Waals surface area contributed by atoms with E-state index in [0.29, 0.717) is 6.04 Å². The van der Waals surface area contributed by atoms with E-state index in [1.807, 2.05) is 10.9 Å². The number of rotatable bonds is 3. The first-order chi connectivity index (χ1) is 5.81. The third-order valence-electron chi connectivity index (χ3n) is 2.11. The minimum absolute atomic E-state index is 0.572. The zero-order chi connectivity index (χ0) is 8.55. The molecule has 1 N–H and O–H groups in total. The molecular weight excluding hydrogens is 152 g/mol. The molecule has 0 aliphatic heterocycles. The summed E-state index contributed by atoms with van der Waals surface area (Å²) in [5.41, 5.74) is 0.830. The molecule has 3 heteroatoms. The molecule has 0 amide bonds. The Hall–Kier alpha value is -1.09. The van der Waals surface area contributed by atoms with Crippen molar-refractivity contribution in [2.75, 3.05) is 0 Å². The van der Waals surface area contributed by atoms with Crippen LogP contribution in [0.25, 0.3) is 0 Å². The fraction of sp³-hybridized carbons (Fsp3) is 0.444. The van der Waals surface area contributed by atoms with Crippen LogP contribution < -0.4 is 0 Å². The van der Waals surface area contributed by atoms with Gasteiger partial charge in [-0.1, -0.05) is 6.08 Å². The van der Waals surface area contributed by atoms with Crippen LogP contribution in [0.5, 0.6) is 0 Å². The highest BCUT2D eigenvalue weighted by atomic mass is 16.3. The molecule has 1 aliphatic rings. The molecule has 3 nitrogen and oxygen atoms in total. The topological polar surface area (TPSA) is 38.1 Å². The Morgan fingerprint density at radius 3 is 3.08 bits per heavy atom. The minimum Gasteiger partial charge on any atom is -0.384 e. The maximum atomic E-state index is 9.37. The highest BCUT2D eigenvalue weighted by Crippen LogP contribution is 2.34. The van der Waals surface area contributed by atoms with Crippen molar-refractivity contribution in [2.45, 2.75) is 25.0 Å². The summed E-state index contributed by atoms with van der Waals surface area (Å²) in [4.78, 5) is 0. The van der Waals surface area contributed by atoms with Crippen LogP contribution in [0.2, 0.25) is 0 Å². The van der Waals surface area contributed by atoms with Crippen LogP contribution in [0.15, 0.2) is 25.0 Å². The molecule has 1 unspecified atom stereocenters. The number of hydrogen-bond donors (Lipinski definition) is 1. The lowest BCUT2D eigenvalue weighted by atomic mass is 10.2. The lowest BCUT2D eigenvalue weighted by molar-refractivity contribution is 0.229. The molecule has 1 aliphatic carbocycles. The highest BCUT2D eigenvalue weighted by Gasteiger charge is 2.24. The van der Waals surface area contributed by atoms with Crippen molar-refractivity contribution in [1.29, 1.82) is 0 Å². The summed E-state index contributed by atoms with van der Waals surface area (Å²) in [6.45, 7) is 3.52. The van der Waals surface area contributed by atoms with Crippen LogP contribution in [0, 0.1) is 0 Å². The van der Waals surface area contributed by atoms with Crippen LogP contribution in [-0.2, 0) is 0 Å². The maximum absolute atomic E-state index is 9.37. The Labute approximate surface area is 71.3 Å². The third-order valence-corrected chi connectivity index (χ3v) is 2.11. The summed E-state index contributed by atoms with van der Waals surface area (Å²) in [6.07, 6.45) is 6.96. The van der Waals surface area contributed by atoms with E-state index >= 15 is 0 Å². The van der Waals surface area contributed by atoms with Gasteiger partial charge < -0.3 is 5.11 Å². The van der Waals surface area contributed by atoms with Crippen LogP contribution >= 0.6 is 0 Å². The van der Waals surface area contributed by atoms with Crippen LogP contribution in [0.1, 0.15) is 30.6 Å². The number of aliphatic hydroxyl groups excluding tert-OH is 1. The van der Waals surface area contributed by atoms with Gasteiger partial charge >= 0.3 is 0 Å². The van der Waals surface area contributed by atoms with Crippen LogP contribution in [-0.4, -0.2) is 14.9 Å². The number of hydrogen-bond acceptors (Lipinski definition) is 2. The number of nitrogens with zero attached hydrogens (tertiary/aromatic N) is 2. The normalized spacial score (nSPS) is 19.1. The van der Waals surface area contributed by atoms with Crippen molar-refractivity contribution in [3.05, 3.63) is 30.6 Å². The zero-order valence-electron chi connectivity index (χ0n) is 6.85. The molecule has 1 aromatic rings. The summed E-state index contributed by atoms with van der Waals surface area (Å²) in [6, 6.07) is 0.579. The van der Waals surface area contributed by atoms with Crippen molar-refractivity contribution in [3.63, 3.8) is 0 Å². The standard InChI is InChI=1S/C9H12N2O/c1-2-9(12)7-5-10-11(6-7)8-3-4-8/h2,5-6,8-9,12H,1,3-4H2. The van der Waals surface area contributed by atoms with Gasteiger partial charge in [0.2, 0.25) is 0 Å². The fourth-order valence-corrected chi connectivity index (χ4v) is 1.18. The molecule has 0 spiro atoms. The van der Waals surface area contributed by atoms with Crippen molar-refractivity contribution in [1.82, 2.24) is 9.78 Å². The van der Waals surface area contributed by atoms with Crippen LogP contribution in [0.4, 0.5) is 0 Å². The van der Waals surface area contributed by atoms with Gasteiger partial charge in [0.25, 0.3) is 0 Å². The summed E-state index contributed by atoms with van der Waals surface area (Å²) in [5.74, 6) is 0. The maximum Gasteiger partial charge on any atom is 0.0999 e. The monoisotopic (exact) mass is 164 g/mol. The van der Waals surface area contributed by atoms with Gasteiger partial charge in [-0.3, -0.25) is 4.68 Å². The number of aliphatic hydroxyl groups is 1. The molecule has 0 bridgehead atoms. The molecule has 2 rings (SSSR count). The molecule has 1 aromatic heterocycles. The van der Waals surface area contributed by atoms with E-state index in [-0.39, 0.29) is 0 Å². The Kier molecular flexibility index (Phi) is 1.73. The Bertz CT molecular complexity index is 288. The molecule has 64 valence electrons. The fourth-order valence-electron chi connectivity index (χ4n) is 1.18. The van der Waals surface area contributed by atoms with Gasteiger partial charge in [-0.2, -0.15) is 5.10 Å². The SMILES string of the molecule is C=CC(O)c1cnn(C2CC2)c1. The summed E-state index contributed by atoms with van der Waals surface area (Å²) in [5, 5.41) is 13.5. The van der Waals surface area contributed by atoms with Crippen LogP contribution in [0.3, 0.4) is 0 Å². The van der Waals surface area contributed by atoms with E-state index in [2.05, 4.69) is 11.7 Å². The van der Waals surface area contributed by atoms with E-state index in [1.165, 1.54) is 18.9 Å². The van der Waals surface area contributed by atoms with Gasteiger partial charge in [0.15, 0.2) is 0 Å². The van der Waals surface area contributed by atoms with Crippen molar-refractivity contribution in [2.24, 2.45) is 0 Å². The van der Waals surface area contributed by atoms with Crippen molar-refractivity contribution in [3.8, 4) is 0 Å². The van der Waals surface area contributed by atoms with E-state index in [4.69, 9.17) is 0 Å². The average molecular weight is 164 g/mol. The van der Waals surface area contributed by atoms with Crippen molar-refractivity contribution < 1.29 is 5.11 Å². The molecule has 12 heavy (non-hydrogen) atoms. The first-order valence-electron chi connectivity index (χ1n) is 4.16. The lowest BCUT2D eigenvalue weighted by Crippen LogP contribution is -1.93. The molecular formula is C9H12N2O. The largest absolute Gasteiger partial charge is 0.384 e. The smallest absolute Gasteiger partial charge is 0.0999 e. The van der Waals surface area contributed by atoms with E-state index < -0.39 is 6.10 Å². The second-order valence-corrected chi connectivity index (χ2v) is 3.17. The van der Waals surface area contributed by atoms with Gasteiger partial charge in [-0.15, -0.1) is 6.58 Å². The van der Waals surface area contributed by atoms with E-state index in [1.54, 1.807) is 6.20 Å². The molecule has 0 saturated heterocycles. The number of aromatic nitrogens is 2. The molecule has 0 aromatic carbocycles. The summed E-state index contributed by atoms with van der Waals surface area (Å²) < 4.78 is 1.92. The van der Waals surface area contributed by atoms with Gasteiger partial charge in [-0.25, -0.2) is 0 Å². The zero-order valence-corrected chi connectivity index (χ0v) is 6.85. The Balaban J connectivity index is 2.17. The Morgan fingerprint density at radius 2 is 2.50 bits per heavy atom. The minimum atomic E-state index is -0.572. The molecule has 1 saturated carbocycles. The molecule has 1 atom stereocenters. The quantitative estimate of drug-likeness (QED) is 0.686. The predicted octanol–water partition coefficient (Wildman–Crippen LogP) is 1.44. The second-order valence-electron chi connectivity index (χ2n) is 3.17. The molecule has 1 fully saturated rings. The van der Waals surface area contributed by atoms with Gasteiger partial charge in [0.05, 0.1) is 18.3 Å². The first-order valence-corrected chi connectivity index (χ1v) is 4.16. The van der Waals surface area contributed by atoms with Gasteiger partial charge in [0.1, 0.15) is 0 Å². The summed E-state index contributed by atoms with van der Waals surface area (Å²) >= 11 is 0. The first kappa shape index (κ1) is 7.55.